The highest BCUT2D eigenvalue weighted by Gasteiger charge is 2.23. The molecule has 1 aliphatic rings. The Labute approximate surface area is 78.0 Å². The lowest BCUT2D eigenvalue weighted by Crippen LogP contribution is -2.16. The Balaban J connectivity index is 2.24. The Hall–Kier alpha value is -0.890. The zero-order chi connectivity index (χ0) is 9.26. The Morgan fingerprint density at radius 3 is 2.92 bits per heavy atom. The Morgan fingerprint density at radius 1 is 1.46 bits per heavy atom. The zero-order valence-electron chi connectivity index (χ0n) is 7.76. The number of halogens is 1. The van der Waals surface area contributed by atoms with Crippen LogP contribution in [-0.2, 0) is 0 Å². The molecule has 1 fully saturated rings. The molecule has 1 N–H and O–H groups in total. The summed E-state index contributed by atoms with van der Waals surface area (Å²) in [6, 6.07) is 7.22. The zero-order valence-corrected chi connectivity index (χ0v) is 7.76. The van der Waals surface area contributed by atoms with E-state index >= 15 is 0 Å². The second-order valence-corrected chi connectivity index (χ2v) is 3.75. The maximum Gasteiger partial charge on any atom is 0.123 e. The van der Waals surface area contributed by atoms with Gasteiger partial charge in [-0.3, -0.25) is 0 Å². The van der Waals surface area contributed by atoms with Crippen molar-refractivity contribution in [3.05, 3.63) is 35.6 Å². The number of hydrogen-bond donors (Lipinski definition) is 1. The van der Waals surface area contributed by atoms with Crippen LogP contribution in [0, 0.1) is 11.7 Å². The van der Waals surface area contributed by atoms with Gasteiger partial charge in [0.1, 0.15) is 5.82 Å². The van der Waals surface area contributed by atoms with Gasteiger partial charge in [-0.05, 0) is 36.6 Å². The molecular formula is C11H14FN. The summed E-state index contributed by atoms with van der Waals surface area (Å²) in [5.74, 6) is 0.472. The topological polar surface area (TPSA) is 12.0 Å². The molecule has 0 bridgehead atoms. The molecule has 2 rings (SSSR count). The maximum atomic E-state index is 12.9. The van der Waals surface area contributed by atoms with Gasteiger partial charge in [0.05, 0.1) is 0 Å². The molecule has 1 saturated heterocycles. The van der Waals surface area contributed by atoms with E-state index in [4.69, 9.17) is 0 Å². The summed E-state index contributed by atoms with van der Waals surface area (Å²) in [6.45, 7) is 3.25. The van der Waals surface area contributed by atoms with Gasteiger partial charge in [-0.25, -0.2) is 4.39 Å². The Bertz CT molecular complexity index is 298. The molecule has 1 aromatic rings. The Kier molecular flexibility index (Phi) is 2.32. The van der Waals surface area contributed by atoms with Crippen LogP contribution in [0.2, 0.25) is 0 Å². The van der Waals surface area contributed by atoms with E-state index in [0.717, 1.165) is 12.1 Å². The van der Waals surface area contributed by atoms with E-state index in [1.54, 1.807) is 12.1 Å². The van der Waals surface area contributed by atoms with Gasteiger partial charge in [0.25, 0.3) is 0 Å². The van der Waals surface area contributed by atoms with E-state index in [9.17, 15) is 4.39 Å². The lowest BCUT2D eigenvalue weighted by atomic mass is 9.96. The minimum Gasteiger partial charge on any atom is -0.310 e. The summed E-state index contributed by atoms with van der Waals surface area (Å²) < 4.78 is 12.9. The first-order chi connectivity index (χ1) is 6.27. The van der Waals surface area contributed by atoms with Crippen molar-refractivity contribution in [2.75, 3.05) is 6.54 Å². The molecule has 0 aliphatic carbocycles. The molecule has 0 unspecified atom stereocenters. The van der Waals surface area contributed by atoms with Gasteiger partial charge in [-0.2, -0.15) is 0 Å². The first kappa shape index (κ1) is 8.70. The number of benzene rings is 1. The molecule has 0 amide bonds. The lowest BCUT2D eigenvalue weighted by Gasteiger charge is -2.15. The van der Waals surface area contributed by atoms with Crippen molar-refractivity contribution in [3.63, 3.8) is 0 Å². The molecule has 0 spiro atoms. The van der Waals surface area contributed by atoms with Crippen LogP contribution in [-0.4, -0.2) is 6.54 Å². The summed E-state index contributed by atoms with van der Waals surface area (Å²) in [4.78, 5) is 0. The van der Waals surface area contributed by atoms with Gasteiger partial charge in [0.15, 0.2) is 0 Å². The quantitative estimate of drug-likeness (QED) is 0.698. The molecular weight excluding hydrogens is 165 g/mol. The maximum absolute atomic E-state index is 12.9. The van der Waals surface area contributed by atoms with Gasteiger partial charge >= 0.3 is 0 Å². The standard InChI is InChI=1S/C11H14FN/c1-8-5-6-13-11(8)9-3-2-4-10(12)7-9/h2-4,7-8,11,13H,5-6H2,1H3/t8-,11-/m0/s1. The minimum atomic E-state index is -0.140. The number of rotatable bonds is 1. The molecule has 70 valence electrons. The van der Waals surface area contributed by atoms with Gasteiger partial charge in [-0.15, -0.1) is 0 Å². The summed E-state index contributed by atoms with van der Waals surface area (Å²) in [5, 5.41) is 3.38. The third kappa shape index (κ3) is 1.73. The van der Waals surface area contributed by atoms with Crippen molar-refractivity contribution >= 4 is 0 Å². The van der Waals surface area contributed by atoms with E-state index in [-0.39, 0.29) is 5.82 Å². The fourth-order valence-electron chi connectivity index (χ4n) is 1.98. The fourth-order valence-corrected chi connectivity index (χ4v) is 1.98. The Morgan fingerprint density at radius 2 is 2.31 bits per heavy atom. The summed E-state index contributed by atoms with van der Waals surface area (Å²) >= 11 is 0. The van der Waals surface area contributed by atoms with Crippen LogP contribution in [0.15, 0.2) is 24.3 Å². The molecule has 13 heavy (non-hydrogen) atoms. The van der Waals surface area contributed by atoms with Crippen LogP contribution in [0.5, 0.6) is 0 Å². The van der Waals surface area contributed by atoms with Gasteiger partial charge in [0.2, 0.25) is 0 Å². The van der Waals surface area contributed by atoms with E-state index in [1.807, 2.05) is 6.07 Å². The van der Waals surface area contributed by atoms with E-state index in [2.05, 4.69) is 12.2 Å². The lowest BCUT2D eigenvalue weighted by molar-refractivity contribution is 0.500. The van der Waals surface area contributed by atoms with Crippen LogP contribution >= 0.6 is 0 Å². The highest BCUT2D eigenvalue weighted by atomic mass is 19.1. The highest BCUT2D eigenvalue weighted by Crippen LogP contribution is 2.28. The second kappa shape index (κ2) is 3.46. The smallest absolute Gasteiger partial charge is 0.123 e. The van der Waals surface area contributed by atoms with Crippen molar-refractivity contribution in [2.24, 2.45) is 5.92 Å². The molecule has 1 heterocycles. The molecule has 0 radical (unpaired) electrons. The summed E-state index contributed by atoms with van der Waals surface area (Å²) in [6.07, 6.45) is 1.18. The first-order valence-corrected chi connectivity index (χ1v) is 4.76. The molecule has 0 aromatic heterocycles. The number of hydrogen-bond acceptors (Lipinski definition) is 1. The second-order valence-electron chi connectivity index (χ2n) is 3.75. The average molecular weight is 179 g/mol. The third-order valence-electron chi connectivity index (χ3n) is 2.74. The van der Waals surface area contributed by atoms with E-state index in [0.29, 0.717) is 12.0 Å². The van der Waals surface area contributed by atoms with Crippen LogP contribution in [0.3, 0.4) is 0 Å². The van der Waals surface area contributed by atoms with Crippen LogP contribution in [0.1, 0.15) is 24.9 Å². The van der Waals surface area contributed by atoms with Crippen LogP contribution < -0.4 is 5.32 Å². The molecule has 1 aliphatic heterocycles. The van der Waals surface area contributed by atoms with Crippen molar-refractivity contribution in [1.29, 1.82) is 0 Å². The normalized spacial score (nSPS) is 27.8. The van der Waals surface area contributed by atoms with Crippen molar-refractivity contribution in [1.82, 2.24) is 5.32 Å². The SMILES string of the molecule is C[C@H]1CCN[C@@H]1c1cccc(F)c1. The minimum absolute atomic E-state index is 0.140. The van der Waals surface area contributed by atoms with Crippen LogP contribution in [0.4, 0.5) is 4.39 Å². The molecule has 1 aromatic carbocycles. The van der Waals surface area contributed by atoms with Crippen molar-refractivity contribution in [2.45, 2.75) is 19.4 Å². The highest BCUT2D eigenvalue weighted by molar-refractivity contribution is 5.21. The monoisotopic (exact) mass is 179 g/mol. The molecule has 2 atom stereocenters. The van der Waals surface area contributed by atoms with Gasteiger partial charge in [-0.1, -0.05) is 19.1 Å². The van der Waals surface area contributed by atoms with Crippen molar-refractivity contribution < 1.29 is 4.39 Å². The van der Waals surface area contributed by atoms with Gasteiger partial charge in [0, 0.05) is 6.04 Å². The molecule has 1 nitrogen and oxygen atoms in total. The van der Waals surface area contributed by atoms with Crippen molar-refractivity contribution in [3.8, 4) is 0 Å². The summed E-state index contributed by atoms with van der Waals surface area (Å²) in [5.41, 5.74) is 1.07. The predicted octanol–water partition coefficient (Wildman–Crippen LogP) is 2.50. The van der Waals surface area contributed by atoms with E-state index < -0.39 is 0 Å². The molecule has 2 heteroatoms. The average Bonchev–Trinajstić information content (AvgIpc) is 2.51. The summed E-state index contributed by atoms with van der Waals surface area (Å²) in [7, 11) is 0. The first-order valence-electron chi connectivity index (χ1n) is 4.76. The van der Waals surface area contributed by atoms with E-state index in [1.165, 1.54) is 12.5 Å². The molecule has 0 saturated carbocycles. The van der Waals surface area contributed by atoms with Gasteiger partial charge < -0.3 is 5.32 Å². The predicted molar refractivity (Wildman–Crippen MR) is 50.9 cm³/mol. The largest absolute Gasteiger partial charge is 0.310 e. The number of nitrogens with one attached hydrogen (secondary N) is 1. The fraction of sp³-hybridized carbons (Fsp3) is 0.455. The third-order valence-corrected chi connectivity index (χ3v) is 2.74. The van der Waals surface area contributed by atoms with Crippen LogP contribution in [0.25, 0.3) is 0 Å².